The zero-order chi connectivity index (χ0) is 19.3. The molecule has 0 bridgehead atoms. The molecule has 4 rings (SSSR count). The standard InChI is InChI=1S/C24H16O4/c25-23(27-18-11-2-1-3-12-18)20-14-6-7-15-21(20)24(26)28-22-16-8-10-17-9-4-5-13-19(17)22/h1-16H. The number of rotatable bonds is 4. The molecule has 4 nitrogen and oxygen atoms in total. The first-order chi connectivity index (χ1) is 13.7. The van der Waals surface area contributed by atoms with E-state index in [0.29, 0.717) is 11.5 Å². The van der Waals surface area contributed by atoms with Gasteiger partial charge in [-0.3, -0.25) is 0 Å². The van der Waals surface area contributed by atoms with E-state index in [1.54, 1.807) is 54.6 Å². The highest BCUT2D eigenvalue weighted by Gasteiger charge is 2.20. The van der Waals surface area contributed by atoms with Crippen LogP contribution >= 0.6 is 0 Å². The lowest BCUT2D eigenvalue weighted by Gasteiger charge is -2.11. The number of hydrogen-bond donors (Lipinski definition) is 0. The van der Waals surface area contributed by atoms with E-state index in [0.717, 1.165) is 10.8 Å². The second-order valence-corrected chi connectivity index (χ2v) is 6.11. The maximum absolute atomic E-state index is 12.8. The quantitative estimate of drug-likeness (QED) is 0.363. The predicted octanol–water partition coefficient (Wildman–Crippen LogP) is 5.28. The van der Waals surface area contributed by atoms with E-state index in [4.69, 9.17) is 9.47 Å². The molecule has 0 heterocycles. The molecule has 4 aromatic carbocycles. The van der Waals surface area contributed by atoms with E-state index in [2.05, 4.69) is 0 Å². The van der Waals surface area contributed by atoms with Crippen LogP contribution in [0.3, 0.4) is 0 Å². The Hall–Kier alpha value is -3.92. The van der Waals surface area contributed by atoms with Crippen LogP contribution < -0.4 is 9.47 Å². The Kier molecular flexibility index (Phi) is 4.85. The average Bonchev–Trinajstić information content (AvgIpc) is 2.74. The predicted molar refractivity (Wildman–Crippen MR) is 107 cm³/mol. The third-order valence-corrected chi connectivity index (χ3v) is 4.27. The Bertz CT molecular complexity index is 1140. The van der Waals surface area contributed by atoms with E-state index >= 15 is 0 Å². The van der Waals surface area contributed by atoms with Crippen LogP contribution in [0.25, 0.3) is 10.8 Å². The molecule has 0 aliphatic carbocycles. The third-order valence-electron chi connectivity index (χ3n) is 4.27. The lowest BCUT2D eigenvalue weighted by Crippen LogP contribution is -2.17. The molecule has 4 heteroatoms. The van der Waals surface area contributed by atoms with Gasteiger partial charge in [-0.2, -0.15) is 0 Å². The first-order valence-electron chi connectivity index (χ1n) is 8.78. The van der Waals surface area contributed by atoms with E-state index in [-0.39, 0.29) is 11.1 Å². The minimum atomic E-state index is -0.614. The van der Waals surface area contributed by atoms with Gasteiger partial charge in [-0.25, -0.2) is 9.59 Å². The number of ether oxygens (including phenoxy) is 2. The highest BCUT2D eigenvalue weighted by Crippen LogP contribution is 2.26. The first-order valence-corrected chi connectivity index (χ1v) is 8.78. The van der Waals surface area contributed by atoms with Gasteiger partial charge < -0.3 is 9.47 Å². The third kappa shape index (κ3) is 3.62. The molecule has 0 aliphatic heterocycles. The molecule has 0 aliphatic rings. The van der Waals surface area contributed by atoms with Crippen LogP contribution in [-0.2, 0) is 0 Å². The number of para-hydroxylation sites is 1. The molecular weight excluding hydrogens is 352 g/mol. The molecular formula is C24H16O4. The number of carbonyl (C=O) groups is 2. The molecule has 4 aromatic rings. The van der Waals surface area contributed by atoms with Crippen LogP contribution in [0, 0.1) is 0 Å². The summed E-state index contributed by atoms with van der Waals surface area (Å²) < 4.78 is 11.0. The fourth-order valence-corrected chi connectivity index (χ4v) is 2.93. The summed E-state index contributed by atoms with van der Waals surface area (Å²) in [4.78, 5) is 25.4. The van der Waals surface area contributed by atoms with Crippen molar-refractivity contribution in [3.63, 3.8) is 0 Å². The van der Waals surface area contributed by atoms with Gasteiger partial charge in [0.25, 0.3) is 0 Å². The summed E-state index contributed by atoms with van der Waals surface area (Å²) >= 11 is 0. The van der Waals surface area contributed by atoms with E-state index in [9.17, 15) is 9.59 Å². The van der Waals surface area contributed by atoms with Gasteiger partial charge in [0.15, 0.2) is 0 Å². The van der Waals surface area contributed by atoms with Crippen molar-refractivity contribution in [3.8, 4) is 11.5 Å². The summed E-state index contributed by atoms with van der Waals surface area (Å²) in [5.74, 6) is -0.382. The van der Waals surface area contributed by atoms with Gasteiger partial charge in [-0.15, -0.1) is 0 Å². The summed E-state index contributed by atoms with van der Waals surface area (Å²) in [7, 11) is 0. The molecule has 28 heavy (non-hydrogen) atoms. The first kappa shape index (κ1) is 17.5. The number of benzene rings is 4. The lowest BCUT2D eigenvalue weighted by molar-refractivity contribution is 0.0693. The molecule has 0 fully saturated rings. The van der Waals surface area contributed by atoms with Gasteiger partial charge >= 0.3 is 11.9 Å². The molecule has 0 radical (unpaired) electrons. The Labute approximate surface area is 162 Å². The zero-order valence-electron chi connectivity index (χ0n) is 14.9. The summed E-state index contributed by atoms with van der Waals surface area (Å²) in [5.41, 5.74) is 0.299. The van der Waals surface area contributed by atoms with Gasteiger partial charge in [-0.05, 0) is 35.7 Å². The van der Waals surface area contributed by atoms with Gasteiger partial charge in [0.2, 0.25) is 0 Å². The Morgan fingerprint density at radius 2 is 1.11 bits per heavy atom. The fraction of sp³-hybridized carbons (Fsp3) is 0. The van der Waals surface area contributed by atoms with Crippen molar-refractivity contribution in [2.75, 3.05) is 0 Å². The van der Waals surface area contributed by atoms with Gasteiger partial charge in [0.1, 0.15) is 11.5 Å². The fourth-order valence-electron chi connectivity index (χ4n) is 2.93. The van der Waals surface area contributed by atoms with Crippen LogP contribution in [0.2, 0.25) is 0 Å². The minimum Gasteiger partial charge on any atom is -0.423 e. The van der Waals surface area contributed by atoms with E-state index in [1.807, 2.05) is 42.5 Å². The van der Waals surface area contributed by atoms with Gasteiger partial charge in [0, 0.05) is 5.39 Å². The van der Waals surface area contributed by atoms with E-state index in [1.165, 1.54) is 0 Å². The Morgan fingerprint density at radius 3 is 1.86 bits per heavy atom. The smallest absolute Gasteiger partial charge is 0.344 e. The maximum atomic E-state index is 12.8. The van der Waals surface area contributed by atoms with Crippen molar-refractivity contribution in [1.29, 1.82) is 0 Å². The SMILES string of the molecule is O=C(Oc1ccccc1)c1ccccc1C(=O)Oc1cccc2ccccc12. The normalized spacial score (nSPS) is 10.4. The van der Waals surface area contributed by atoms with Gasteiger partial charge in [0.05, 0.1) is 11.1 Å². The average molecular weight is 368 g/mol. The van der Waals surface area contributed by atoms with Crippen molar-refractivity contribution in [3.05, 3.63) is 108 Å². The number of fused-ring (bicyclic) bond motifs is 1. The summed E-state index contributed by atoms with van der Waals surface area (Å²) in [6.45, 7) is 0. The van der Waals surface area contributed by atoms with Gasteiger partial charge in [-0.1, -0.05) is 66.7 Å². The number of carbonyl (C=O) groups excluding carboxylic acids is 2. The van der Waals surface area contributed by atoms with Crippen LogP contribution in [0.4, 0.5) is 0 Å². The second kappa shape index (κ2) is 7.76. The topological polar surface area (TPSA) is 52.6 Å². The van der Waals surface area contributed by atoms with Crippen LogP contribution in [0.15, 0.2) is 97.1 Å². The summed E-state index contributed by atoms with van der Waals surface area (Å²) in [6.07, 6.45) is 0. The summed E-state index contributed by atoms with van der Waals surface area (Å²) in [6, 6.07) is 28.3. The molecule has 0 amide bonds. The number of hydrogen-bond acceptors (Lipinski definition) is 4. The van der Waals surface area contributed by atoms with Crippen molar-refractivity contribution in [1.82, 2.24) is 0 Å². The zero-order valence-corrected chi connectivity index (χ0v) is 14.9. The highest BCUT2D eigenvalue weighted by atomic mass is 16.5. The van der Waals surface area contributed by atoms with Crippen LogP contribution in [0.5, 0.6) is 11.5 Å². The molecule has 0 N–H and O–H groups in total. The molecule has 0 unspecified atom stereocenters. The maximum Gasteiger partial charge on any atom is 0.344 e. The molecule has 0 saturated heterocycles. The van der Waals surface area contributed by atoms with Crippen LogP contribution in [0.1, 0.15) is 20.7 Å². The molecule has 0 aromatic heterocycles. The lowest BCUT2D eigenvalue weighted by atomic mass is 10.1. The largest absolute Gasteiger partial charge is 0.423 e. The molecule has 0 spiro atoms. The van der Waals surface area contributed by atoms with Crippen LogP contribution in [-0.4, -0.2) is 11.9 Å². The molecule has 136 valence electrons. The van der Waals surface area contributed by atoms with Crippen molar-refractivity contribution in [2.45, 2.75) is 0 Å². The molecule has 0 saturated carbocycles. The van der Waals surface area contributed by atoms with E-state index < -0.39 is 11.9 Å². The van der Waals surface area contributed by atoms with Crippen molar-refractivity contribution < 1.29 is 19.1 Å². The minimum absolute atomic E-state index is 0.149. The monoisotopic (exact) mass is 368 g/mol. The Balaban J connectivity index is 1.62. The highest BCUT2D eigenvalue weighted by molar-refractivity contribution is 6.05. The number of esters is 2. The Morgan fingerprint density at radius 1 is 0.536 bits per heavy atom. The van der Waals surface area contributed by atoms with Crippen molar-refractivity contribution in [2.24, 2.45) is 0 Å². The van der Waals surface area contributed by atoms with Crippen molar-refractivity contribution >= 4 is 22.7 Å². The summed E-state index contributed by atoms with van der Waals surface area (Å²) in [5, 5.41) is 1.78. The molecule has 0 atom stereocenters. The second-order valence-electron chi connectivity index (χ2n) is 6.11.